The Balaban J connectivity index is 2.69. The van der Waals surface area contributed by atoms with E-state index in [0.717, 1.165) is 5.56 Å². The zero-order valence-electron chi connectivity index (χ0n) is 6.83. The molecule has 0 aromatic heterocycles. The van der Waals surface area contributed by atoms with Crippen LogP contribution in [0.3, 0.4) is 0 Å². The molecular weight excluding hydrogens is 154 g/mol. The monoisotopic (exact) mass is 164 g/mol. The molecule has 1 rings (SSSR count). The summed E-state index contributed by atoms with van der Waals surface area (Å²) in [6, 6.07) is 7.00. The lowest BCUT2D eigenvalue weighted by Crippen LogP contribution is -2.21. The third kappa shape index (κ3) is 2.27. The molecule has 0 saturated heterocycles. The summed E-state index contributed by atoms with van der Waals surface area (Å²) in [5.74, 6) is 0.502. The van der Waals surface area contributed by atoms with E-state index in [4.69, 9.17) is 4.74 Å². The van der Waals surface area contributed by atoms with Gasteiger partial charge in [-0.1, -0.05) is 12.1 Å². The van der Waals surface area contributed by atoms with Gasteiger partial charge in [0.25, 0.3) is 0 Å². The molecule has 0 aliphatic carbocycles. The SMILES string of the molecule is [CH2]c1cccc(OC(=O)NC)c1. The van der Waals surface area contributed by atoms with Gasteiger partial charge in [-0.3, -0.25) is 0 Å². The van der Waals surface area contributed by atoms with Crippen LogP contribution in [0, 0.1) is 6.92 Å². The smallest absolute Gasteiger partial charge is 0.410 e. The van der Waals surface area contributed by atoms with E-state index in [-0.39, 0.29) is 0 Å². The van der Waals surface area contributed by atoms with Gasteiger partial charge in [0.2, 0.25) is 0 Å². The summed E-state index contributed by atoms with van der Waals surface area (Å²) in [4.78, 5) is 10.7. The number of amides is 1. The maximum atomic E-state index is 10.7. The first-order valence-electron chi connectivity index (χ1n) is 3.54. The van der Waals surface area contributed by atoms with Crippen molar-refractivity contribution in [3.8, 4) is 5.75 Å². The zero-order chi connectivity index (χ0) is 8.97. The summed E-state index contributed by atoms with van der Waals surface area (Å²) in [5.41, 5.74) is 0.816. The lowest BCUT2D eigenvalue weighted by atomic mass is 10.2. The van der Waals surface area contributed by atoms with Gasteiger partial charge in [0.05, 0.1) is 0 Å². The van der Waals surface area contributed by atoms with Gasteiger partial charge in [-0.2, -0.15) is 0 Å². The summed E-state index contributed by atoms with van der Waals surface area (Å²) >= 11 is 0. The van der Waals surface area contributed by atoms with Gasteiger partial charge >= 0.3 is 6.09 Å². The molecule has 0 spiro atoms. The number of carbonyl (C=O) groups excluding carboxylic acids is 1. The molecule has 0 bridgehead atoms. The average molecular weight is 164 g/mol. The third-order valence-electron chi connectivity index (χ3n) is 1.31. The molecule has 1 radical (unpaired) electrons. The van der Waals surface area contributed by atoms with Crippen LogP contribution in [0.4, 0.5) is 4.79 Å². The molecular formula is C9H10NO2. The molecule has 1 aromatic rings. The maximum absolute atomic E-state index is 10.7. The lowest BCUT2D eigenvalue weighted by Gasteiger charge is -2.02. The number of nitrogens with one attached hydrogen (secondary N) is 1. The molecule has 0 aliphatic heterocycles. The first kappa shape index (κ1) is 8.59. The second-order valence-electron chi connectivity index (χ2n) is 2.29. The van der Waals surface area contributed by atoms with Crippen LogP contribution in [-0.4, -0.2) is 13.1 Å². The van der Waals surface area contributed by atoms with Crippen LogP contribution in [0.5, 0.6) is 5.75 Å². The molecule has 12 heavy (non-hydrogen) atoms. The number of ether oxygens (including phenoxy) is 1. The molecule has 0 fully saturated rings. The van der Waals surface area contributed by atoms with Crippen LogP contribution in [0.25, 0.3) is 0 Å². The van der Waals surface area contributed by atoms with Crippen molar-refractivity contribution >= 4 is 6.09 Å². The van der Waals surface area contributed by atoms with E-state index in [1.807, 2.05) is 6.07 Å². The van der Waals surface area contributed by atoms with E-state index in [1.54, 1.807) is 18.2 Å². The van der Waals surface area contributed by atoms with Crippen LogP contribution >= 0.6 is 0 Å². The van der Waals surface area contributed by atoms with Crippen molar-refractivity contribution in [1.82, 2.24) is 5.32 Å². The minimum atomic E-state index is -0.472. The van der Waals surface area contributed by atoms with Gasteiger partial charge in [-0.05, 0) is 24.6 Å². The number of hydrogen-bond donors (Lipinski definition) is 1. The minimum absolute atomic E-state index is 0.472. The van der Waals surface area contributed by atoms with Crippen molar-refractivity contribution in [1.29, 1.82) is 0 Å². The highest BCUT2D eigenvalue weighted by Crippen LogP contribution is 2.11. The van der Waals surface area contributed by atoms with E-state index in [1.165, 1.54) is 7.05 Å². The van der Waals surface area contributed by atoms with Gasteiger partial charge in [0.1, 0.15) is 5.75 Å². The van der Waals surface area contributed by atoms with Crippen LogP contribution in [0.1, 0.15) is 5.56 Å². The van der Waals surface area contributed by atoms with E-state index in [0.29, 0.717) is 5.75 Å². The van der Waals surface area contributed by atoms with Crippen molar-refractivity contribution in [3.05, 3.63) is 36.8 Å². The fourth-order valence-electron chi connectivity index (χ4n) is 0.767. The van der Waals surface area contributed by atoms with Crippen LogP contribution in [-0.2, 0) is 0 Å². The second kappa shape index (κ2) is 3.76. The number of rotatable bonds is 1. The highest BCUT2D eigenvalue weighted by atomic mass is 16.5. The maximum Gasteiger partial charge on any atom is 0.412 e. The fourth-order valence-corrected chi connectivity index (χ4v) is 0.767. The summed E-state index contributed by atoms with van der Waals surface area (Å²) in [6.07, 6.45) is -0.472. The van der Waals surface area contributed by atoms with Gasteiger partial charge in [-0.15, -0.1) is 0 Å². The molecule has 1 amide bonds. The molecule has 3 nitrogen and oxygen atoms in total. The number of benzene rings is 1. The first-order valence-corrected chi connectivity index (χ1v) is 3.54. The quantitative estimate of drug-likeness (QED) is 0.684. The molecule has 3 heteroatoms. The predicted octanol–water partition coefficient (Wildman–Crippen LogP) is 1.59. The molecule has 0 heterocycles. The Morgan fingerprint density at radius 3 is 2.92 bits per heavy atom. The third-order valence-corrected chi connectivity index (χ3v) is 1.31. The summed E-state index contributed by atoms with van der Waals surface area (Å²) in [6.45, 7) is 3.70. The van der Waals surface area contributed by atoms with Crippen molar-refractivity contribution in [2.24, 2.45) is 0 Å². The van der Waals surface area contributed by atoms with Crippen molar-refractivity contribution in [2.45, 2.75) is 0 Å². The van der Waals surface area contributed by atoms with Crippen molar-refractivity contribution < 1.29 is 9.53 Å². The number of carbonyl (C=O) groups is 1. The van der Waals surface area contributed by atoms with Crippen LogP contribution in [0.15, 0.2) is 24.3 Å². The Morgan fingerprint density at radius 2 is 2.33 bits per heavy atom. The Labute approximate surface area is 71.4 Å². The Morgan fingerprint density at radius 1 is 1.58 bits per heavy atom. The Bertz CT molecular complexity index is 284. The van der Waals surface area contributed by atoms with Crippen molar-refractivity contribution in [2.75, 3.05) is 7.05 Å². The standard InChI is InChI=1S/C9H10NO2/c1-7-4-3-5-8(6-7)12-9(11)10-2/h3-6H,1H2,2H3,(H,10,11). The normalized spacial score (nSPS) is 9.17. The van der Waals surface area contributed by atoms with Crippen LogP contribution in [0.2, 0.25) is 0 Å². The van der Waals surface area contributed by atoms with Gasteiger partial charge in [-0.25, -0.2) is 4.79 Å². The molecule has 1 aromatic carbocycles. The summed E-state index contributed by atoms with van der Waals surface area (Å²) in [7, 11) is 1.51. The highest BCUT2D eigenvalue weighted by Gasteiger charge is 1.99. The van der Waals surface area contributed by atoms with Gasteiger partial charge in [0, 0.05) is 7.05 Å². The molecule has 63 valence electrons. The first-order chi connectivity index (χ1) is 5.72. The number of hydrogen-bond acceptors (Lipinski definition) is 2. The average Bonchev–Trinajstić information content (AvgIpc) is 2.04. The lowest BCUT2D eigenvalue weighted by molar-refractivity contribution is 0.203. The second-order valence-corrected chi connectivity index (χ2v) is 2.29. The van der Waals surface area contributed by atoms with Gasteiger partial charge in [0.15, 0.2) is 0 Å². The summed E-state index contributed by atoms with van der Waals surface area (Å²) < 4.78 is 4.85. The molecule has 0 aliphatic rings. The fraction of sp³-hybridized carbons (Fsp3) is 0.111. The van der Waals surface area contributed by atoms with E-state index < -0.39 is 6.09 Å². The van der Waals surface area contributed by atoms with E-state index >= 15 is 0 Å². The topological polar surface area (TPSA) is 38.3 Å². The van der Waals surface area contributed by atoms with Gasteiger partial charge < -0.3 is 10.1 Å². The van der Waals surface area contributed by atoms with E-state index in [2.05, 4.69) is 12.2 Å². The Hall–Kier alpha value is -1.51. The zero-order valence-corrected chi connectivity index (χ0v) is 6.83. The van der Waals surface area contributed by atoms with E-state index in [9.17, 15) is 4.79 Å². The highest BCUT2D eigenvalue weighted by molar-refractivity contribution is 5.69. The molecule has 1 N–H and O–H groups in total. The molecule has 0 atom stereocenters. The minimum Gasteiger partial charge on any atom is -0.410 e. The van der Waals surface area contributed by atoms with Crippen molar-refractivity contribution in [3.63, 3.8) is 0 Å². The largest absolute Gasteiger partial charge is 0.412 e. The summed E-state index contributed by atoms with van der Waals surface area (Å²) in [5, 5.41) is 2.35. The molecule has 0 unspecified atom stereocenters. The Kier molecular flexibility index (Phi) is 2.69. The predicted molar refractivity (Wildman–Crippen MR) is 46.0 cm³/mol. The molecule has 0 saturated carbocycles. The van der Waals surface area contributed by atoms with Crippen LogP contribution < -0.4 is 10.1 Å².